The van der Waals surface area contributed by atoms with E-state index in [1.54, 1.807) is 23.1 Å². The highest BCUT2D eigenvalue weighted by Gasteiger charge is 2.30. The van der Waals surface area contributed by atoms with Crippen molar-refractivity contribution in [3.8, 4) is 16.5 Å². The van der Waals surface area contributed by atoms with Crippen LogP contribution in [0.2, 0.25) is 5.02 Å². The molecule has 1 fully saturated rings. The fraction of sp³-hybridized carbons (Fsp3) is 0.294. The molecule has 0 spiro atoms. The van der Waals surface area contributed by atoms with E-state index in [2.05, 4.69) is 32.3 Å². The maximum atomic E-state index is 5.96. The lowest BCUT2D eigenvalue weighted by molar-refractivity contribution is 0.344. The third-order valence-corrected chi connectivity index (χ3v) is 5.71. The molecule has 3 aromatic rings. The summed E-state index contributed by atoms with van der Waals surface area (Å²) < 4.78 is 8.03. The van der Waals surface area contributed by atoms with Crippen LogP contribution in [0.5, 0.6) is 5.75 Å². The molecule has 0 bridgehead atoms. The van der Waals surface area contributed by atoms with Gasteiger partial charge in [0.2, 0.25) is 0 Å². The van der Waals surface area contributed by atoms with E-state index in [9.17, 15) is 0 Å². The number of thiophene rings is 1. The lowest BCUT2D eigenvalue weighted by Gasteiger charge is -2.08. The molecule has 2 heterocycles. The summed E-state index contributed by atoms with van der Waals surface area (Å²) in [7, 11) is 0. The first kappa shape index (κ1) is 16.0. The van der Waals surface area contributed by atoms with Crippen molar-refractivity contribution in [1.29, 1.82) is 0 Å². The van der Waals surface area contributed by atoms with Gasteiger partial charge in [-0.15, -0.1) is 21.5 Å². The van der Waals surface area contributed by atoms with Crippen LogP contribution in [0.25, 0.3) is 10.7 Å². The number of rotatable bonds is 7. The van der Waals surface area contributed by atoms with Crippen LogP contribution < -0.4 is 4.74 Å². The molecule has 0 atom stereocenters. The van der Waals surface area contributed by atoms with Gasteiger partial charge in [0.15, 0.2) is 11.0 Å². The molecular formula is C17H16ClN3OS2. The van der Waals surface area contributed by atoms with E-state index < -0.39 is 0 Å². The topological polar surface area (TPSA) is 39.9 Å². The number of thioether (sulfide) groups is 1. The highest BCUT2D eigenvalue weighted by atomic mass is 35.5. The zero-order valence-electron chi connectivity index (χ0n) is 12.9. The van der Waals surface area contributed by atoms with Gasteiger partial charge in [-0.05, 0) is 42.5 Å². The summed E-state index contributed by atoms with van der Waals surface area (Å²) in [6.45, 7) is 0.608. The number of nitrogens with zero attached hydrogens (tertiary/aromatic N) is 3. The summed E-state index contributed by atoms with van der Waals surface area (Å²) in [4.78, 5) is 1.18. The van der Waals surface area contributed by atoms with Gasteiger partial charge < -0.3 is 4.74 Å². The van der Waals surface area contributed by atoms with Gasteiger partial charge in [0.05, 0.1) is 11.5 Å². The quantitative estimate of drug-likeness (QED) is 0.421. The van der Waals surface area contributed by atoms with Gasteiger partial charge in [-0.25, -0.2) is 0 Å². The molecular weight excluding hydrogens is 362 g/mol. The SMILES string of the molecule is Clc1cccc(OCCSc2nnc(-c3cccs3)n2C2CC2)c1. The largest absolute Gasteiger partial charge is 0.493 e. The van der Waals surface area contributed by atoms with Gasteiger partial charge in [-0.2, -0.15) is 0 Å². The molecule has 0 radical (unpaired) electrons. The summed E-state index contributed by atoms with van der Waals surface area (Å²) in [5.74, 6) is 2.61. The smallest absolute Gasteiger partial charge is 0.191 e. The molecule has 1 aliphatic rings. The van der Waals surface area contributed by atoms with E-state index in [1.807, 2.05) is 24.3 Å². The molecule has 0 aliphatic heterocycles. The number of halogens is 1. The summed E-state index contributed by atoms with van der Waals surface area (Å²) in [6.07, 6.45) is 2.42. The Balaban J connectivity index is 1.40. The molecule has 0 unspecified atom stereocenters. The molecule has 2 aromatic heterocycles. The van der Waals surface area contributed by atoms with Crippen LogP contribution >= 0.6 is 34.7 Å². The molecule has 4 nitrogen and oxygen atoms in total. The number of benzene rings is 1. The van der Waals surface area contributed by atoms with Crippen LogP contribution in [-0.4, -0.2) is 27.1 Å². The normalized spacial score (nSPS) is 14.0. The predicted octanol–water partition coefficient (Wildman–Crippen LogP) is 5.17. The predicted molar refractivity (Wildman–Crippen MR) is 99.3 cm³/mol. The fourth-order valence-electron chi connectivity index (χ4n) is 2.46. The molecule has 7 heteroatoms. The van der Waals surface area contributed by atoms with Crippen molar-refractivity contribution in [2.24, 2.45) is 0 Å². The number of ether oxygens (including phenoxy) is 1. The van der Waals surface area contributed by atoms with Gasteiger partial charge in [0, 0.05) is 16.8 Å². The van der Waals surface area contributed by atoms with Crippen LogP contribution in [0.15, 0.2) is 46.9 Å². The number of hydrogen-bond donors (Lipinski definition) is 0. The minimum Gasteiger partial charge on any atom is -0.493 e. The molecule has 4 rings (SSSR count). The van der Waals surface area contributed by atoms with Crippen molar-refractivity contribution in [3.05, 3.63) is 46.8 Å². The Morgan fingerprint density at radius 1 is 1.25 bits per heavy atom. The van der Waals surface area contributed by atoms with Crippen molar-refractivity contribution >= 4 is 34.7 Å². The van der Waals surface area contributed by atoms with Crippen molar-refractivity contribution in [2.45, 2.75) is 24.0 Å². The van der Waals surface area contributed by atoms with Crippen molar-refractivity contribution in [2.75, 3.05) is 12.4 Å². The number of hydrogen-bond acceptors (Lipinski definition) is 5. The molecule has 1 aliphatic carbocycles. The molecule has 124 valence electrons. The second-order valence-electron chi connectivity index (χ2n) is 5.54. The van der Waals surface area contributed by atoms with E-state index in [1.165, 1.54) is 17.7 Å². The Bertz CT molecular complexity index is 815. The van der Waals surface area contributed by atoms with Crippen LogP contribution in [-0.2, 0) is 0 Å². The van der Waals surface area contributed by atoms with Gasteiger partial charge in [-0.3, -0.25) is 4.57 Å². The molecule has 0 amide bonds. The van der Waals surface area contributed by atoms with E-state index in [4.69, 9.17) is 16.3 Å². The van der Waals surface area contributed by atoms with E-state index in [0.29, 0.717) is 17.7 Å². The van der Waals surface area contributed by atoms with E-state index in [0.717, 1.165) is 22.5 Å². The summed E-state index contributed by atoms with van der Waals surface area (Å²) in [5.41, 5.74) is 0. The molecule has 0 saturated heterocycles. The molecule has 24 heavy (non-hydrogen) atoms. The Labute approximate surface area is 153 Å². The standard InChI is InChI=1S/C17H16ClN3OS2/c18-12-3-1-4-14(11-12)22-8-10-24-17-20-19-16(15-5-2-9-23-15)21(17)13-6-7-13/h1-5,9,11,13H,6-8,10H2. The lowest BCUT2D eigenvalue weighted by atomic mass is 10.3. The molecule has 1 saturated carbocycles. The van der Waals surface area contributed by atoms with E-state index in [-0.39, 0.29) is 0 Å². The van der Waals surface area contributed by atoms with Gasteiger partial charge >= 0.3 is 0 Å². The van der Waals surface area contributed by atoms with Gasteiger partial charge in [0.1, 0.15) is 5.75 Å². The number of aromatic nitrogens is 3. The summed E-state index contributed by atoms with van der Waals surface area (Å²) in [6, 6.07) is 12.2. The first-order valence-electron chi connectivity index (χ1n) is 7.81. The maximum Gasteiger partial charge on any atom is 0.191 e. The first-order valence-corrected chi connectivity index (χ1v) is 10.1. The summed E-state index contributed by atoms with van der Waals surface area (Å²) in [5, 5.41) is 12.6. The maximum absolute atomic E-state index is 5.96. The monoisotopic (exact) mass is 377 g/mol. The van der Waals surface area contributed by atoms with Crippen molar-refractivity contribution < 1.29 is 4.74 Å². The van der Waals surface area contributed by atoms with Crippen LogP contribution in [0, 0.1) is 0 Å². The van der Waals surface area contributed by atoms with E-state index >= 15 is 0 Å². The first-order chi connectivity index (χ1) is 11.8. The minimum atomic E-state index is 0.549. The Hall–Kier alpha value is -1.50. The van der Waals surface area contributed by atoms with Crippen LogP contribution in [0.4, 0.5) is 0 Å². The van der Waals surface area contributed by atoms with Crippen molar-refractivity contribution in [3.63, 3.8) is 0 Å². The second kappa shape index (κ2) is 7.17. The zero-order valence-corrected chi connectivity index (χ0v) is 15.3. The Morgan fingerprint density at radius 2 is 2.17 bits per heavy atom. The van der Waals surface area contributed by atoms with Crippen molar-refractivity contribution in [1.82, 2.24) is 14.8 Å². The minimum absolute atomic E-state index is 0.549. The Kier molecular flexibility index (Phi) is 4.78. The highest BCUT2D eigenvalue weighted by Crippen LogP contribution is 2.41. The third-order valence-electron chi connectivity index (χ3n) is 3.70. The zero-order chi connectivity index (χ0) is 16.4. The second-order valence-corrected chi connectivity index (χ2v) is 7.99. The Morgan fingerprint density at radius 3 is 2.92 bits per heavy atom. The summed E-state index contributed by atoms with van der Waals surface area (Å²) >= 11 is 9.36. The highest BCUT2D eigenvalue weighted by molar-refractivity contribution is 7.99. The van der Waals surface area contributed by atoms with Crippen LogP contribution in [0.1, 0.15) is 18.9 Å². The van der Waals surface area contributed by atoms with Gasteiger partial charge in [0.25, 0.3) is 0 Å². The third kappa shape index (κ3) is 3.61. The fourth-order valence-corrected chi connectivity index (χ4v) is 4.17. The van der Waals surface area contributed by atoms with Gasteiger partial charge in [-0.1, -0.05) is 35.5 Å². The lowest BCUT2D eigenvalue weighted by Crippen LogP contribution is -2.03. The van der Waals surface area contributed by atoms with Crippen LogP contribution in [0.3, 0.4) is 0 Å². The average Bonchev–Trinajstić information content (AvgIpc) is 3.10. The average molecular weight is 378 g/mol. The molecule has 0 N–H and O–H groups in total. The molecule has 1 aromatic carbocycles.